The number of hydrogen-bond donors (Lipinski definition) is 2. The van der Waals surface area contributed by atoms with Crippen LogP contribution in [0.15, 0.2) is 107 Å². The van der Waals surface area contributed by atoms with E-state index in [0.717, 1.165) is 4.31 Å². The lowest BCUT2D eigenvalue weighted by Crippen LogP contribution is -2.39. The van der Waals surface area contributed by atoms with Crippen molar-refractivity contribution in [2.75, 3.05) is 29.9 Å². The average molecular weight is 642 g/mol. The standard InChI is InChI=1S/C30H26Cl2N4O6S/c1-41-28-16-13-22(31)17-27(28)36(43(39,40)24-7-3-2-4-8-24)19-29(37)35-33-18-21-11-14-23(15-12-21)42-20-30(38)34-26-10-6-5-9-25(26)32/h2-18H,19-20H2,1H3,(H,34,38)(H,35,37)/b33-18+. The second-order valence-electron chi connectivity index (χ2n) is 8.82. The van der Waals surface area contributed by atoms with Crippen LogP contribution in [0.2, 0.25) is 10.0 Å². The molecule has 0 aliphatic rings. The average Bonchev–Trinajstić information content (AvgIpc) is 3.01. The molecule has 10 nitrogen and oxygen atoms in total. The molecule has 0 atom stereocenters. The minimum atomic E-state index is -4.18. The summed E-state index contributed by atoms with van der Waals surface area (Å²) in [6, 6.07) is 25.6. The van der Waals surface area contributed by atoms with Gasteiger partial charge in [-0.3, -0.25) is 13.9 Å². The first-order valence-electron chi connectivity index (χ1n) is 12.7. The molecule has 0 aromatic heterocycles. The zero-order valence-corrected chi connectivity index (χ0v) is 25.1. The molecule has 4 aromatic carbocycles. The van der Waals surface area contributed by atoms with Crippen molar-refractivity contribution in [2.45, 2.75) is 4.90 Å². The van der Waals surface area contributed by atoms with Crippen LogP contribution in [0, 0.1) is 0 Å². The number of halogens is 2. The molecule has 0 unspecified atom stereocenters. The molecule has 4 rings (SSSR count). The van der Waals surface area contributed by atoms with Crippen molar-refractivity contribution in [1.82, 2.24) is 5.43 Å². The molecule has 0 spiro atoms. The number of anilines is 2. The fourth-order valence-electron chi connectivity index (χ4n) is 3.77. The Balaban J connectivity index is 1.39. The summed E-state index contributed by atoms with van der Waals surface area (Å²) in [5.74, 6) is -0.431. The van der Waals surface area contributed by atoms with E-state index in [1.807, 2.05) is 0 Å². The minimum Gasteiger partial charge on any atom is -0.495 e. The number of ether oxygens (including phenoxy) is 2. The zero-order valence-electron chi connectivity index (χ0n) is 22.7. The monoisotopic (exact) mass is 640 g/mol. The summed E-state index contributed by atoms with van der Waals surface area (Å²) in [7, 11) is -2.79. The third kappa shape index (κ3) is 8.48. The molecule has 0 bridgehead atoms. The Morgan fingerprint density at radius 3 is 2.30 bits per heavy atom. The van der Waals surface area contributed by atoms with Crippen molar-refractivity contribution in [3.8, 4) is 11.5 Å². The number of methoxy groups -OCH3 is 1. The van der Waals surface area contributed by atoms with Crippen LogP contribution in [0.3, 0.4) is 0 Å². The molecule has 0 aliphatic heterocycles. The maximum absolute atomic E-state index is 13.5. The van der Waals surface area contributed by atoms with Gasteiger partial charge in [0.05, 0.1) is 34.6 Å². The van der Waals surface area contributed by atoms with Gasteiger partial charge >= 0.3 is 0 Å². The van der Waals surface area contributed by atoms with Gasteiger partial charge in [-0.05, 0) is 72.3 Å². The molecule has 0 heterocycles. The molecule has 0 aliphatic carbocycles. The lowest BCUT2D eigenvalue weighted by Gasteiger charge is -2.25. The van der Waals surface area contributed by atoms with Gasteiger partial charge in [-0.25, -0.2) is 13.8 Å². The molecule has 4 aromatic rings. The number of amides is 2. The van der Waals surface area contributed by atoms with E-state index in [1.165, 1.54) is 37.6 Å². The lowest BCUT2D eigenvalue weighted by molar-refractivity contribution is -0.119. The maximum atomic E-state index is 13.5. The number of carbonyl (C=O) groups is 2. The first kappa shape index (κ1) is 31.4. The zero-order chi connectivity index (χ0) is 30.8. The molecule has 13 heteroatoms. The van der Waals surface area contributed by atoms with Gasteiger partial charge in [0.25, 0.3) is 21.8 Å². The molecule has 222 valence electrons. The number of carbonyl (C=O) groups excluding carboxylic acids is 2. The van der Waals surface area contributed by atoms with E-state index in [2.05, 4.69) is 15.8 Å². The maximum Gasteiger partial charge on any atom is 0.264 e. The summed E-state index contributed by atoms with van der Waals surface area (Å²) < 4.78 is 38.8. The quantitative estimate of drug-likeness (QED) is 0.158. The molecule has 2 amide bonds. The summed E-state index contributed by atoms with van der Waals surface area (Å²) in [6.07, 6.45) is 1.38. The van der Waals surface area contributed by atoms with Crippen LogP contribution in [-0.4, -0.2) is 46.7 Å². The molecular formula is C30H26Cl2N4O6S. The fraction of sp³-hybridized carbons (Fsp3) is 0.100. The highest BCUT2D eigenvalue weighted by Crippen LogP contribution is 2.34. The molecule has 2 N–H and O–H groups in total. The van der Waals surface area contributed by atoms with E-state index in [1.54, 1.807) is 72.8 Å². The second-order valence-corrected chi connectivity index (χ2v) is 11.5. The van der Waals surface area contributed by atoms with Crippen LogP contribution in [-0.2, 0) is 19.6 Å². The van der Waals surface area contributed by atoms with Gasteiger partial charge in [0.1, 0.15) is 18.0 Å². The summed E-state index contributed by atoms with van der Waals surface area (Å²) >= 11 is 12.2. The van der Waals surface area contributed by atoms with Gasteiger partial charge in [0, 0.05) is 5.02 Å². The van der Waals surface area contributed by atoms with Crippen molar-refractivity contribution in [3.63, 3.8) is 0 Å². The van der Waals surface area contributed by atoms with Crippen LogP contribution in [0.1, 0.15) is 5.56 Å². The largest absolute Gasteiger partial charge is 0.495 e. The first-order valence-corrected chi connectivity index (χ1v) is 14.9. The minimum absolute atomic E-state index is 0.0167. The van der Waals surface area contributed by atoms with Gasteiger partial charge in [0.15, 0.2) is 6.61 Å². The number of para-hydroxylation sites is 1. The van der Waals surface area contributed by atoms with Crippen molar-refractivity contribution < 1.29 is 27.5 Å². The van der Waals surface area contributed by atoms with E-state index in [9.17, 15) is 18.0 Å². The van der Waals surface area contributed by atoms with Gasteiger partial charge in [-0.15, -0.1) is 0 Å². The van der Waals surface area contributed by atoms with E-state index in [-0.39, 0.29) is 33.9 Å². The number of sulfonamides is 1. The van der Waals surface area contributed by atoms with E-state index in [0.29, 0.717) is 22.0 Å². The van der Waals surface area contributed by atoms with Crippen LogP contribution in [0.4, 0.5) is 11.4 Å². The number of nitrogens with zero attached hydrogens (tertiary/aromatic N) is 2. The molecule has 0 saturated heterocycles. The molecule has 0 fully saturated rings. The third-order valence-electron chi connectivity index (χ3n) is 5.83. The van der Waals surface area contributed by atoms with E-state index in [4.69, 9.17) is 32.7 Å². The Morgan fingerprint density at radius 1 is 0.907 bits per heavy atom. The highest BCUT2D eigenvalue weighted by Gasteiger charge is 2.29. The Labute approximate surface area is 258 Å². The van der Waals surface area contributed by atoms with Crippen LogP contribution in [0.5, 0.6) is 11.5 Å². The summed E-state index contributed by atoms with van der Waals surface area (Å²) in [5, 5.41) is 7.29. The predicted molar refractivity (Wildman–Crippen MR) is 167 cm³/mol. The van der Waals surface area contributed by atoms with E-state index >= 15 is 0 Å². The van der Waals surface area contributed by atoms with Crippen LogP contribution < -0.4 is 24.5 Å². The third-order valence-corrected chi connectivity index (χ3v) is 8.17. The van der Waals surface area contributed by atoms with Crippen molar-refractivity contribution in [2.24, 2.45) is 5.10 Å². The van der Waals surface area contributed by atoms with Gasteiger partial charge < -0.3 is 14.8 Å². The number of hydrogen-bond acceptors (Lipinski definition) is 7. The Hall–Kier alpha value is -4.58. The SMILES string of the molecule is COc1ccc(Cl)cc1N(CC(=O)N/N=C/c1ccc(OCC(=O)Nc2ccccc2Cl)cc1)S(=O)(=O)c1ccccc1. The molecule has 0 radical (unpaired) electrons. The molecule has 0 saturated carbocycles. The molecular weight excluding hydrogens is 615 g/mol. The highest BCUT2D eigenvalue weighted by atomic mass is 35.5. The topological polar surface area (TPSA) is 126 Å². The Morgan fingerprint density at radius 2 is 1.60 bits per heavy atom. The van der Waals surface area contributed by atoms with E-state index < -0.39 is 22.5 Å². The summed E-state index contributed by atoms with van der Waals surface area (Å²) in [6.45, 7) is -0.831. The molecule has 43 heavy (non-hydrogen) atoms. The second kappa shape index (κ2) is 14.5. The van der Waals surface area contributed by atoms with Gasteiger partial charge in [0.2, 0.25) is 0 Å². The van der Waals surface area contributed by atoms with Gasteiger partial charge in [-0.2, -0.15) is 5.10 Å². The van der Waals surface area contributed by atoms with Crippen LogP contribution in [0.25, 0.3) is 0 Å². The number of hydrazone groups is 1. The van der Waals surface area contributed by atoms with Crippen molar-refractivity contribution >= 4 is 62.6 Å². The normalized spacial score (nSPS) is 11.1. The number of benzene rings is 4. The van der Waals surface area contributed by atoms with Gasteiger partial charge in [-0.1, -0.05) is 53.5 Å². The fourth-order valence-corrected chi connectivity index (χ4v) is 5.56. The summed E-state index contributed by atoms with van der Waals surface area (Å²) in [4.78, 5) is 25.0. The highest BCUT2D eigenvalue weighted by molar-refractivity contribution is 7.92. The Bertz CT molecular complexity index is 1720. The lowest BCUT2D eigenvalue weighted by atomic mass is 10.2. The number of rotatable bonds is 12. The smallest absolute Gasteiger partial charge is 0.264 e. The van der Waals surface area contributed by atoms with Crippen molar-refractivity contribution in [3.05, 3.63) is 113 Å². The van der Waals surface area contributed by atoms with Crippen molar-refractivity contribution in [1.29, 1.82) is 0 Å². The Kier molecular flexibility index (Phi) is 10.6. The number of nitrogens with one attached hydrogen (secondary N) is 2. The van der Waals surface area contributed by atoms with Crippen LogP contribution >= 0.6 is 23.2 Å². The first-order chi connectivity index (χ1) is 20.7. The summed E-state index contributed by atoms with van der Waals surface area (Å²) in [5.41, 5.74) is 3.53. The predicted octanol–water partition coefficient (Wildman–Crippen LogP) is 5.37.